The van der Waals surface area contributed by atoms with E-state index in [2.05, 4.69) is 20.4 Å². The first-order valence-corrected chi connectivity index (χ1v) is 8.30. The summed E-state index contributed by atoms with van der Waals surface area (Å²) in [6, 6.07) is 5.98. The predicted molar refractivity (Wildman–Crippen MR) is 93.1 cm³/mol. The molecule has 0 radical (unpaired) electrons. The Kier molecular flexibility index (Phi) is 5.11. The van der Waals surface area contributed by atoms with Crippen molar-refractivity contribution in [3.63, 3.8) is 0 Å². The number of nitrogens with zero attached hydrogens (tertiary/aromatic N) is 3. The molecule has 0 fully saturated rings. The molecule has 1 atom stereocenters. The summed E-state index contributed by atoms with van der Waals surface area (Å²) in [5.41, 5.74) is 1.08. The van der Waals surface area contributed by atoms with Crippen LogP contribution in [0.1, 0.15) is 26.1 Å². The molecular weight excluding hydrogens is 339 g/mol. The van der Waals surface area contributed by atoms with E-state index in [1.807, 2.05) is 13.8 Å². The summed E-state index contributed by atoms with van der Waals surface area (Å²) >= 11 is 0. The summed E-state index contributed by atoms with van der Waals surface area (Å²) in [4.78, 5) is 20.4. The molecule has 0 aliphatic heterocycles. The number of aryl methyl sites for hydroxylation is 1. The van der Waals surface area contributed by atoms with Crippen LogP contribution in [0.5, 0.6) is 5.88 Å². The Morgan fingerprint density at radius 1 is 1.38 bits per heavy atom. The number of hydrogen-bond donors (Lipinski definition) is 1. The third-order valence-electron chi connectivity index (χ3n) is 3.87. The Balaban J connectivity index is 1.94. The quantitative estimate of drug-likeness (QED) is 0.728. The van der Waals surface area contributed by atoms with Crippen LogP contribution in [-0.4, -0.2) is 33.7 Å². The maximum Gasteiger partial charge on any atom is 0.265 e. The Morgan fingerprint density at radius 3 is 2.92 bits per heavy atom. The molecule has 0 unspecified atom stereocenters. The summed E-state index contributed by atoms with van der Waals surface area (Å²) in [5.74, 6) is -0.0707. The van der Waals surface area contributed by atoms with Gasteiger partial charge in [0.05, 0.1) is 0 Å². The van der Waals surface area contributed by atoms with Gasteiger partial charge in [-0.2, -0.15) is 9.97 Å². The van der Waals surface area contributed by atoms with E-state index in [1.165, 1.54) is 12.1 Å². The van der Waals surface area contributed by atoms with Crippen molar-refractivity contribution in [2.24, 2.45) is 0 Å². The molecule has 1 aromatic carbocycles. The fourth-order valence-electron chi connectivity index (χ4n) is 2.42. The number of rotatable bonds is 6. The number of hydrogen-bond acceptors (Lipinski definition) is 6. The zero-order valence-electron chi connectivity index (χ0n) is 14.7. The average Bonchev–Trinajstić information content (AvgIpc) is 3.03. The molecule has 8 heteroatoms. The molecule has 0 bridgehead atoms. The van der Waals surface area contributed by atoms with Crippen LogP contribution in [0, 0.1) is 12.7 Å². The van der Waals surface area contributed by atoms with Gasteiger partial charge in [0, 0.05) is 11.6 Å². The lowest BCUT2D eigenvalue weighted by molar-refractivity contribution is -0.123. The van der Waals surface area contributed by atoms with Crippen molar-refractivity contribution >= 4 is 17.0 Å². The fourth-order valence-corrected chi connectivity index (χ4v) is 2.42. The van der Waals surface area contributed by atoms with Gasteiger partial charge in [-0.3, -0.25) is 4.79 Å². The summed E-state index contributed by atoms with van der Waals surface area (Å²) in [6.45, 7) is 5.36. The van der Waals surface area contributed by atoms with Crippen LogP contribution in [0.3, 0.4) is 0 Å². The van der Waals surface area contributed by atoms with Crippen LogP contribution in [-0.2, 0) is 4.79 Å². The van der Waals surface area contributed by atoms with Crippen molar-refractivity contribution in [1.29, 1.82) is 0 Å². The number of amides is 1. The summed E-state index contributed by atoms with van der Waals surface area (Å²) < 4.78 is 24.4. The van der Waals surface area contributed by atoms with Gasteiger partial charge in [-0.1, -0.05) is 24.2 Å². The highest BCUT2D eigenvalue weighted by atomic mass is 19.1. The van der Waals surface area contributed by atoms with Crippen LogP contribution < -0.4 is 10.1 Å². The average molecular weight is 358 g/mol. The van der Waals surface area contributed by atoms with Crippen LogP contribution in [0.2, 0.25) is 0 Å². The second-order valence-corrected chi connectivity index (χ2v) is 5.96. The third-order valence-corrected chi connectivity index (χ3v) is 3.87. The molecule has 0 saturated carbocycles. The van der Waals surface area contributed by atoms with Crippen molar-refractivity contribution in [1.82, 2.24) is 20.4 Å². The Morgan fingerprint density at radius 2 is 2.19 bits per heavy atom. The van der Waals surface area contributed by atoms with Crippen LogP contribution >= 0.6 is 0 Å². The Hall–Kier alpha value is -3.03. The number of benzene rings is 1. The van der Waals surface area contributed by atoms with Crippen molar-refractivity contribution in [3.05, 3.63) is 35.9 Å². The van der Waals surface area contributed by atoms with Crippen molar-refractivity contribution in [2.75, 3.05) is 6.61 Å². The van der Waals surface area contributed by atoms with Crippen LogP contribution in [0.15, 0.2) is 28.8 Å². The normalized spacial score (nSPS) is 12.2. The SMILES string of the molecule is CC[C@@H](C)NC(=O)COc1nc(C)nc2onc(-c3cccc(F)c3)c12. The first-order valence-electron chi connectivity index (χ1n) is 8.30. The molecule has 0 aliphatic rings. The van der Waals surface area contributed by atoms with Gasteiger partial charge in [0.2, 0.25) is 5.88 Å². The van der Waals surface area contributed by atoms with Gasteiger partial charge in [0.1, 0.15) is 22.7 Å². The lowest BCUT2D eigenvalue weighted by Crippen LogP contribution is -2.35. The topological polar surface area (TPSA) is 90.1 Å². The molecule has 1 amide bonds. The van der Waals surface area contributed by atoms with E-state index < -0.39 is 5.82 Å². The van der Waals surface area contributed by atoms with Gasteiger partial charge in [-0.05, 0) is 32.4 Å². The van der Waals surface area contributed by atoms with E-state index in [-0.39, 0.29) is 30.1 Å². The van der Waals surface area contributed by atoms with Crippen LogP contribution in [0.25, 0.3) is 22.4 Å². The lowest BCUT2D eigenvalue weighted by Gasteiger charge is -2.12. The highest BCUT2D eigenvalue weighted by Gasteiger charge is 2.20. The molecule has 0 aliphatic carbocycles. The van der Waals surface area contributed by atoms with E-state index in [0.29, 0.717) is 22.5 Å². The van der Waals surface area contributed by atoms with Gasteiger partial charge >= 0.3 is 0 Å². The molecule has 0 spiro atoms. The summed E-state index contributed by atoms with van der Waals surface area (Å²) in [6.07, 6.45) is 0.817. The minimum Gasteiger partial charge on any atom is -0.467 e. The maximum absolute atomic E-state index is 13.6. The Labute approximate surface area is 149 Å². The molecule has 26 heavy (non-hydrogen) atoms. The van der Waals surface area contributed by atoms with E-state index in [0.717, 1.165) is 6.42 Å². The minimum absolute atomic E-state index is 0.0525. The molecule has 2 aromatic heterocycles. The number of ether oxygens (including phenoxy) is 1. The second kappa shape index (κ2) is 7.47. The third kappa shape index (κ3) is 3.79. The lowest BCUT2D eigenvalue weighted by atomic mass is 10.1. The van der Waals surface area contributed by atoms with Gasteiger partial charge in [-0.25, -0.2) is 4.39 Å². The van der Waals surface area contributed by atoms with Crippen molar-refractivity contribution < 1.29 is 18.4 Å². The molecule has 3 rings (SSSR count). The minimum atomic E-state index is -0.401. The van der Waals surface area contributed by atoms with E-state index in [9.17, 15) is 9.18 Å². The zero-order chi connectivity index (χ0) is 18.7. The van der Waals surface area contributed by atoms with Crippen molar-refractivity contribution in [3.8, 4) is 17.1 Å². The monoisotopic (exact) mass is 358 g/mol. The van der Waals surface area contributed by atoms with Gasteiger partial charge < -0.3 is 14.6 Å². The molecule has 7 nitrogen and oxygen atoms in total. The number of carbonyl (C=O) groups excluding carboxylic acids is 1. The molecule has 3 aromatic rings. The maximum atomic E-state index is 13.6. The van der Waals surface area contributed by atoms with Gasteiger partial charge in [0.25, 0.3) is 11.6 Å². The highest BCUT2D eigenvalue weighted by Crippen LogP contribution is 2.33. The molecule has 0 saturated heterocycles. The van der Waals surface area contributed by atoms with E-state index in [4.69, 9.17) is 9.26 Å². The van der Waals surface area contributed by atoms with Crippen molar-refractivity contribution in [2.45, 2.75) is 33.2 Å². The molecule has 136 valence electrons. The first kappa shape index (κ1) is 17.8. The number of fused-ring (bicyclic) bond motifs is 1. The largest absolute Gasteiger partial charge is 0.467 e. The van der Waals surface area contributed by atoms with Crippen LogP contribution in [0.4, 0.5) is 4.39 Å². The van der Waals surface area contributed by atoms with Gasteiger partial charge in [0.15, 0.2) is 6.61 Å². The predicted octanol–water partition coefficient (Wildman–Crippen LogP) is 3.03. The second-order valence-electron chi connectivity index (χ2n) is 5.96. The summed E-state index contributed by atoms with van der Waals surface area (Å²) in [7, 11) is 0. The molecule has 2 heterocycles. The molecular formula is C18H19FN4O3. The highest BCUT2D eigenvalue weighted by molar-refractivity contribution is 5.93. The number of halogens is 1. The fraction of sp³-hybridized carbons (Fsp3) is 0.333. The van der Waals surface area contributed by atoms with E-state index in [1.54, 1.807) is 19.1 Å². The Bertz CT molecular complexity index is 941. The molecule has 1 N–H and O–H groups in total. The first-order chi connectivity index (χ1) is 12.5. The smallest absolute Gasteiger partial charge is 0.265 e. The number of aromatic nitrogens is 3. The number of nitrogens with one attached hydrogen (secondary N) is 1. The summed E-state index contributed by atoms with van der Waals surface area (Å²) in [5, 5.41) is 7.19. The van der Waals surface area contributed by atoms with Gasteiger partial charge in [-0.15, -0.1) is 0 Å². The van der Waals surface area contributed by atoms with E-state index >= 15 is 0 Å². The number of carbonyl (C=O) groups is 1. The zero-order valence-corrected chi connectivity index (χ0v) is 14.7. The standard InChI is InChI=1S/C18H19FN4O3/c1-4-10(2)20-14(24)9-25-17-15-16(12-6-5-7-13(19)8-12)23-26-18(15)22-11(3)21-17/h5-8,10H,4,9H2,1-3H3,(H,20,24)/t10-/m1/s1.